The zero-order valence-corrected chi connectivity index (χ0v) is 21.4. The topological polar surface area (TPSA) is 60.4 Å². The monoisotopic (exact) mass is 523 g/mol. The second kappa shape index (κ2) is 13.6. The lowest BCUT2D eigenvalue weighted by molar-refractivity contribution is -0.135. The molecule has 0 saturated carbocycles. The first-order valence-electron chi connectivity index (χ1n) is 11.1. The summed E-state index contributed by atoms with van der Waals surface area (Å²) in [6.45, 7) is 15.6. The number of guanidine groups is 1. The number of piperazine rings is 1. The smallest absolute Gasteiger partial charge is 0.239 e. The lowest BCUT2D eigenvalue weighted by atomic mass is 10.0. The number of nitrogens with zero attached hydrogens (tertiary/aromatic N) is 4. The molecular weight excluding hydrogens is 481 g/mol. The zero-order chi connectivity index (χ0) is 20.5. The van der Waals surface area contributed by atoms with Crippen molar-refractivity contribution in [3.8, 4) is 0 Å². The van der Waals surface area contributed by atoms with E-state index in [1.165, 1.54) is 0 Å². The summed E-state index contributed by atoms with van der Waals surface area (Å²) in [6, 6.07) is -0.0202. The van der Waals surface area contributed by atoms with Crippen molar-refractivity contribution < 1.29 is 9.53 Å². The second-order valence-electron chi connectivity index (χ2n) is 8.23. The molecule has 2 heterocycles. The lowest BCUT2D eigenvalue weighted by Crippen LogP contribution is -2.57. The van der Waals surface area contributed by atoms with Crippen LogP contribution in [-0.2, 0) is 9.53 Å². The van der Waals surface area contributed by atoms with Crippen molar-refractivity contribution >= 4 is 35.8 Å². The maximum Gasteiger partial charge on any atom is 0.239 e. The fourth-order valence-corrected chi connectivity index (χ4v) is 4.16. The van der Waals surface area contributed by atoms with Crippen LogP contribution < -0.4 is 5.32 Å². The number of likely N-dealkylation sites (tertiary alicyclic amines) is 1. The summed E-state index contributed by atoms with van der Waals surface area (Å²) >= 11 is 0. The highest BCUT2D eigenvalue weighted by molar-refractivity contribution is 14.0. The zero-order valence-electron chi connectivity index (χ0n) is 19.0. The lowest BCUT2D eigenvalue weighted by Gasteiger charge is -2.39. The Bertz CT molecular complexity index is 503. The molecular formula is C21H42IN5O2. The second-order valence-corrected chi connectivity index (χ2v) is 8.23. The number of ether oxygens (including phenoxy) is 1. The molecule has 2 saturated heterocycles. The first-order valence-corrected chi connectivity index (χ1v) is 11.1. The minimum atomic E-state index is -0.0202. The molecule has 29 heavy (non-hydrogen) atoms. The van der Waals surface area contributed by atoms with E-state index >= 15 is 0 Å². The van der Waals surface area contributed by atoms with Gasteiger partial charge < -0.3 is 19.9 Å². The van der Waals surface area contributed by atoms with Crippen molar-refractivity contribution in [3.63, 3.8) is 0 Å². The summed E-state index contributed by atoms with van der Waals surface area (Å²) in [5.74, 6) is 1.77. The number of nitrogens with one attached hydrogen (secondary N) is 1. The number of aliphatic imine (C=N–C) groups is 1. The molecule has 0 radical (unpaired) electrons. The molecule has 0 aromatic carbocycles. The van der Waals surface area contributed by atoms with Crippen LogP contribution in [-0.4, -0.2) is 98.2 Å². The van der Waals surface area contributed by atoms with Gasteiger partial charge >= 0.3 is 0 Å². The minimum Gasteiger partial charge on any atom is -0.378 e. The third-order valence-electron chi connectivity index (χ3n) is 5.98. The van der Waals surface area contributed by atoms with Crippen LogP contribution in [0.25, 0.3) is 0 Å². The van der Waals surface area contributed by atoms with Gasteiger partial charge in [-0.3, -0.25) is 14.7 Å². The van der Waals surface area contributed by atoms with Gasteiger partial charge in [0.2, 0.25) is 5.91 Å². The van der Waals surface area contributed by atoms with Gasteiger partial charge in [0.25, 0.3) is 0 Å². The highest BCUT2D eigenvalue weighted by Crippen LogP contribution is 2.14. The van der Waals surface area contributed by atoms with Gasteiger partial charge in [0.1, 0.15) is 0 Å². The number of halogens is 1. The summed E-state index contributed by atoms with van der Waals surface area (Å²) < 4.78 is 5.83. The Labute approximate surface area is 194 Å². The molecule has 1 amide bonds. The SMILES string of the molecule is CCOC(CCNC(=NC)N1CCN(C(C)C(=O)N2CCCC2)CC1)C(C)C.I. The van der Waals surface area contributed by atoms with E-state index in [-0.39, 0.29) is 36.1 Å². The van der Waals surface area contributed by atoms with Gasteiger partial charge in [0.15, 0.2) is 5.96 Å². The van der Waals surface area contributed by atoms with E-state index in [4.69, 9.17) is 4.74 Å². The van der Waals surface area contributed by atoms with Crippen LogP contribution in [0, 0.1) is 5.92 Å². The number of carbonyl (C=O) groups is 1. The highest BCUT2D eigenvalue weighted by Gasteiger charge is 2.30. The van der Waals surface area contributed by atoms with E-state index in [9.17, 15) is 4.79 Å². The van der Waals surface area contributed by atoms with E-state index in [0.717, 1.165) is 77.6 Å². The molecule has 170 valence electrons. The molecule has 0 aromatic rings. The average Bonchev–Trinajstić information content (AvgIpc) is 3.24. The first kappa shape index (κ1) is 26.4. The van der Waals surface area contributed by atoms with Gasteiger partial charge in [-0.25, -0.2) is 0 Å². The number of carbonyl (C=O) groups excluding carboxylic acids is 1. The summed E-state index contributed by atoms with van der Waals surface area (Å²) in [4.78, 5) is 23.8. The molecule has 2 rings (SSSR count). The Morgan fingerprint density at radius 2 is 1.66 bits per heavy atom. The summed E-state index contributed by atoms with van der Waals surface area (Å²) in [5.41, 5.74) is 0. The first-order chi connectivity index (χ1) is 13.5. The molecule has 2 unspecified atom stereocenters. The van der Waals surface area contributed by atoms with Crippen LogP contribution in [0.15, 0.2) is 4.99 Å². The molecule has 0 bridgehead atoms. The third-order valence-corrected chi connectivity index (χ3v) is 5.98. The Hall–Kier alpha value is -0.610. The largest absolute Gasteiger partial charge is 0.378 e. The van der Waals surface area contributed by atoms with Gasteiger partial charge in [-0.05, 0) is 39.0 Å². The Balaban J connectivity index is 0.00000420. The van der Waals surface area contributed by atoms with E-state index < -0.39 is 0 Å². The fraction of sp³-hybridized carbons (Fsp3) is 0.905. The van der Waals surface area contributed by atoms with Crippen molar-refractivity contribution in [2.24, 2.45) is 10.9 Å². The standard InChI is InChI=1S/C21H41N5O2.HI/c1-6-28-19(17(2)3)9-10-23-21(22-5)26-15-13-24(14-16-26)18(4)20(27)25-11-7-8-12-25;/h17-19H,6-16H2,1-5H3,(H,22,23);1H. The molecule has 0 spiro atoms. The molecule has 1 N–H and O–H groups in total. The Morgan fingerprint density at radius 3 is 2.17 bits per heavy atom. The molecule has 2 aliphatic rings. The van der Waals surface area contributed by atoms with E-state index in [1.54, 1.807) is 0 Å². The van der Waals surface area contributed by atoms with Crippen molar-refractivity contribution in [1.29, 1.82) is 0 Å². The fourth-order valence-electron chi connectivity index (χ4n) is 4.16. The van der Waals surface area contributed by atoms with E-state index in [2.05, 4.69) is 47.8 Å². The third kappa shape index (κ3) is 7.86. The average molecular weight is 524 g/mol. The minimum absolute atomic E-state index is 0. The molecule has 7 nitrogen and oxygen atoms in total. The maximum atomic E-state index is 12.7. The van der Waals surface area contributed by atoms with Crippen molar-refractivity contribution in [1.82, 2.24) is 20.0 Å². The van der Waals surface area contributed by atoms with Gasteiger partial charge in [-0.15, -0.1) is 24.0 Å². The number of rotatable bonds is 8. The van der Waals surface area contributed by atoms with Crippen molar-refractivity contribution in [2.75, 3.05) is 59.5 Å². The van der Waals surface area contributed by atoms with Crippen LogP contribution in [0.5, 0.6) is 0 Å². The normalized spacial score (nSPS) is 20.6. The predicted molar refractivity (Wildman–Crippen MR) is 130 cm³/mol. The van der Waals surface area contributed by atoms with Crippen LogP contribution in [0.3, 0.4) is 0 Å². The maximum absolute atomic E-state index is 12.7. The summed E-state index contributed by atoms with van der Waals surface area (Å²) in [7, 11) is 1.84. The van der Waals surface area contributed by atoms with Crippen LogP contribution in [0.4, 0.5) is 0 Å². The molecule has 0 aliphatic carbocycles. The van der Waals surface area contributed by atoms with Gasteiger partial charge in [0, 0.05) is 59.5 Å². The highest BCUT2D eigenvalue weighted by atomic mass is 127. The number of hydrogen-bond acceptors (Lipinski definition) is 4. The van der Waals surface area contributed by atoms with Gasteiger partial charge in [0.05, 0.1) is 12.1 Å². The van der Waals surface area contributed by atoms with Gasteiger partial charge in [-0.2, -0.15) is 0 Å². The Kier molecular flexibility index (Phi) is 12.4. The molecule has 8 heteroatoms. The predicted octanol–water partition coefficient (Wildman–Crippen LogP) is 2.26. The van der Waals surface area contributed by atoms with E-state index in [1.807, 2.05) is 11.9 Å². The van der Waals surface area contributed by atoms with Crippen LogP contribution in [0.1, 0.15) is 47.0 Å². The van der Waals surface area contributed by atoms with Crippen molar-refractivity contribution in [3.05, 3.63) is 0 Å². The number of hydrogen-bond donors (Lipinski definition) is 1. The summed E-state index contributed by atoms with van der Waals surface area (Å²) in [5, 5.41) is 3.50. The molecule has 0 aromatic heterocycles. The van der Waals surface area contributed by atoms with E-state index in [0.29, 0.717) is 11.8 Å². The van der Waals surface area contributed by atoms with Crippen molar-refractivity contribution in [2.45, 2.75) is 59.1 Å². The molecule has 2 fully saturated rings. The summed E-state index contributed by atoms with van der Waals surface area (Å²) in [6.07, 6.45) is 3.56. The molecule has 2 atom stereocenters. The quantitative estimate of drug-likeness (QED) is 0.301. The van der Waals surface area contributed by atoms with Crippen LogP contribution in [0.2, 0.25) is 0 Å². The van der Waals surface area contributed by atoms with Gasteiger partial charge in [-0.1, -0.05) is 13.8 Å². The number of amides is 1. The molecule has 2 aliphatic heterocycles. The Morgan fingerprint density at radius 1 is 1.03 bits per heavy atom. The van der Waals surface area contributed by atoms with Crippen LogP contribution >= 0.6 is 24.0 Å².